The van der Waals surface area contributed by atoms with Crippen molar-refractivity contribution in [3.63, 3.8) is 0 Å². The molecule has 3 aromatic rings. The summed E-state index contributed by atoms with van der Waals surface area (Å²) < 4.78 is 16.3. The summed E-state index contributed by atoms with van der Waals surface area (Å²) >= 11 is 0. The number of nitrogens with zero attached hydrogens (tertiary/aromatic N) is 3. The van der Waals surface area contributed by atoms with E-state index in [4.69, 9.17) is 19.2 Å². The molecule has 1 aromatic heterocycles. The van der Waals surface area contributed by atoms with Gasteiger partial charge in [0.05, 0.1) is 11.6 Å². The van der Waals surface area contributed by atoms with Gasteiger partial charge in [0.15, 0.2) is 0 Å². The molecule has 0 N–H and O–H groups in total. The van der Waals surface area contributed by atoms with Gasteiger partial charge in [-0.05, 0) is 48.5 Å². The average molecular weight is 307 g/mol. The van der Waals surface area contributed by atoms with E-state index in [1.165, 1.54) is 6.39 Å². The maximum Gasteiger partial charge on any atom is 0.247 e. The van der Waals surface area contributed by atoms with Crippen LogP contribution in [-0.2, 0) is 0 Å². The number of nitriles is 1. The van der Waals surface area contributed by atoms with Crippen molar-refractivity contribution in [2.24, 2.45) is 0 Å². The Bertz CT molecular complexity index is 775. The Balaban J connectivity index is 1.46. The molecule has 2 aromatic carbocycles. The fourth-order valence-corrected chi connectivity index (χ4v) is 1.94. The SMILES string of the molecule is N#Cc1ccc(OCCOc2ccc(-c3nnco3)cc2)cc1. The first-order chi connectivity index (χ1) is 11.3. The Morgan fingerprint density at radius 2 is 1.52 bits per heavy atom. The van der Waals surface area contributed by atoms with Crippen LogP contribution in [0.4, 0.5) is 0 Å². The molecule has 0 saturated carbocycles. The van der Waals surface area contributed by atoms with Crippen LogP contribution in [0.5, 0.6) is 11.5 Å². The van der Waals surface area contributed by atoms with Gasteiger partial charge in [-0.15, -0.1) is 10.2 Å². The van der Waals surface area contributed by atoms with Crippen molar-refractivity contribution in [1.29, 1.82) is 5.26 Å². The van der Waals surface area contributed by atoms with Gasteiger partial charge in [0.1, 0.15) is 24.7 Å². The predicted molar refractivity (Wildman–Crippen MR) is 81.9 cm³/mol. The lowest BCUT2D eigenvalue weighted by Gasteiger charge is -2.08. The van der Waals surface area contributed by atoms with Crippen LogP contribution >= 0.6 is 0 Å². The lowest BCUT2D eigenvalue weighted by Crippen LogP contribution is -2.08. The highest BCUT2D eigenvalue weighted by atomic mass is 16.5. The maximum absolute atomic E-state index is 8.72. The first kappa shape index (κ1) is 14.6. The molecule has 0 atom stereocenters. The second-order valence-corrected chi connectivity index (χ2v) is 4.60. The summed E-state index contributed by atoms with van der Waals surface area (Å²) in [6.45, 7) is 0.831. The highest BCUT2D eigenvalue weighted by Crippen LogP contribution is 2.20. The lowest BCUT2D eigenvalue weighted by atomic mass is 10.2. The van der Waals surface area contributed by atoms with Crippen LogP contribution in [0.1, 0.15) is 5.56 Å². The minimum absolute atomic E-state index is 0.414. The summed E-state index contributed by atoms with van der Waals surface area (Å²) in [6, 6.07) is 16.4. The molecule has 0 radical (unpaired) electrons. The monoisotopic (exact) mass is 307 g/mol. The Morgan fingerprint density at radius 3 is 2.04 bits per heavy atom. The van der Waals surface area contributed by atoms with Crippen molar-refractivity contribution < 1.29 is 13.9 Å². The van der Waals surface area contributed by atoms with E-state index in [2.05, 4.69) is 16.3 Å². The van der Waals surface area contributed by atoms with E-state index in [0.29, 0.717) is 30.4 Å². The summed E-state index contributed by atoms with van der Waals surface area (Å²) in [5, 5.41) is 16.2. The van der Waals surface area contributed by atoms with E-state index in [-0.39, 0.29) is 0 Å². The smallest absolute Gasteiger partial charge is 0.247 e. The molecule has 114 valence electrons. The van der Waals surface area contributed by atoms with Crippen LogP contribution in [0.3, 0.4) is 0 Å². The molecule has 0 aliphatic rings. The quantitative estimate of drug-likeness (QED) is 0.651. The van der Waals surface area contributed by atoms with Crippen LogP contribution in [0.15, 0.2) is 59.3 Å². The van der Waals surface area contributed by atoms with Crippen LogP contribution in [-0.4, -0.2) is 23.4 Å². The third-order valence-corrected chi connectivity index (χ3v) is 3.07. The minimum atomic E-state index is 0.414. The minimum Gasteiger partial charge on any atom is -0.490 e. The number of ether oxygens (including phenoxy) is 2. The molecule has 0 unspecified atom stereocenters. The third-order valence-electron chi connectivity index (χ3n) is 3.07. The number of rotatable bonds is 6. The van der Waals surface area contributed by atoms with Gasteiger partial charge in [-0.3, -0.25) is 0 Å². The van der Waals surface area contributed by atoms with Gasteiger partial charge in [-0.1, -0.05) is 0 Å². The van der Waals surface area contributed by atoms with Gasteiger partial charge in [0.25, 0.3) is 0 Å². The molecule has 3 rings (SSSR count). The zero-order valence-corrected chi connectivity index (χ0v) is 12.2. The fraction of sp³-hybridized carbons (Fsp3) is 0.118. The van der Waals surface area contributed by atoms with Gasteiger partial charge in [-0.2, -0.15) is 5.26 Å². The maximum atomic E-state index is 8.72. The van der Waals surface area contributed by atoms with Crippen LogP contribution in [0.2, 0.25) is 0 Å². The summed E-state index contributed by atoms with van der Waals surface area (Å²) in [4.78, 5) is 0. The highest BCUT2D eigenvalue weighted by Gasteiger charge is 2.03. The molecule has 0 spiro atoms. The summed E-state index contributed by atoms with van der Waals surface area (Å²) in [5.74, 6) is 1.91. The van der Waals surface area contributed by atoms with E-state index in [1.807, 2.05) is 24.3 Å². The van der Waals surface area contributed by atoms with Crippen LogP contribution in [0, 0.1) is 11.3 Å². The molecule has 23 heavy (non-hydrogen) atoms. The number of benzene rings is 2. The van der Waals surface area contributed by atoms with Gasteiger partial charge >= 0.3 is 0 Å². The lowest BCUT2D eigenvalue weighted by molar-refractivity contribution is 0.217. The molecule has 6 nitrogen and oxygen atoms in total. The predicted octanol–water partition coefficient (Wildman–Crippen LogP) is 3.07. The van der Waals surface area contributed by atoms with Gasteiger partial charge in [0.2, 0.25) is 12.3 Å². The van der Waals surface area contributed by atoms with E-state index in [9.17, 15) is 0 Å². The average Bonchev–Trinajstić information content (AvgIpc) is 3.14. The van der Waals surface area contributed by atoms with Crippen molar-refractivity contribution in [3.05, 3.63) is 60.5 Å². The van der Waals surface area contributed by atoms with Crippen molar-refractivity contribution in [2.45, 2.75) is 0 Å². The molecule has 1 heterocycles. The number of hydrogen-bond donors (Lipinski definition) is 0. The summed E-state index contributed by atoms with van der Waals surface area (Å²) in [6.07, 6.45) is 1.29. The van der Waals surface area contributed by atoms with Crippen LogP contribution in [0.25, 0.3) is 11.5 Å². The van der Waals surface area contributed by atoms with Gasteiger partial charge < -0.3 is 13.9 Å². The van der Waals surface area contributed by atoms with Crippen molar-refractivity contribution in [1.82, 2.24) is 10.2 Å². The third kappa shape index (κ3) is 3.86. The molecule has 0 saturated heterocycles. The first-order valence-corrected chi connectivity index (χ1v) is 6.97. The normalized spacial score (nSPS) is 10.0. The molecule has 6 heteroatoms. The number of hydrogen-bond acceptors (Lipinski definition) is 6. The summed E-state index contributed by atoms with van der Waals surface area (Å²) in [7, 11) is 0. The topological polar surface area (TPSA) is 81.2 Å². The molecular weight excluding hydrogens is 294 g/mol. The van der Waals surface area contributed by atoms with Crippen molar-refractivity contribution >= 4 is 0 Å². The van der Waals surface area contributed by atoms with E-state index < -0.39 is 0 Å². The Kier molecular flexibility index (Phi) is 4.50. The standard InChI is InChI=1S/C17H13N3O3/c18-11-13-1-5-15(6-2-13)21-9-10-22-16-7-3-14(4-8-16)17-20-19-12-23-17/h1-8,12H,9-10H2. The second-order valence-electron chi connectivity index (χ2n) is 4.60. The molecular formula is C17H13N3O3. The second kappa shape index (κ2) is 7.09. The largest absolute Gasteiger partial charge is 0.490 e. The molecule has 0 fully saturated rings. The van der Waals surface area contributed by atoms with Crippen molar-refractivity contribution in [2.75, 3.05) is 13.2 Å². The Morgan fingerprint density at radius 1 is 0.913 bits per heavy atom. The van der Waals surface area contributed by atoms with E-state index in [1.54, 1.807) is 24.3 Å². The Labute approximate surface area is 132 Å². The van der Waals surface area contributed by atoms with Gasteiger partial charge in [0, 0.05) is 5.56 Å². The molecule has 0 amide bonds. The zero-order valence-electron chi connectivity index (χ0n) is 12.2. The molecule has 0 aliphatic carbocycles. The highest BCUT2D eigenvalue weighted by molar-refractivity contribution is 5.53. The first-order valence-electron chi connectivity index (χ1n) is 6.97. The molecule has 0 aliphatic heterocycles. The van der Waals surface area contributed by atoms with Gasteiger partial charge in [-0.25, -0.2) is 0 Å². The zero-order chi connectivity index (χ0) is 15.9. The summed E-state index contributed by atoms with van der Waals surface area (Å²) in [5.41, 5.74) is 1.44. The number of aromatic nitrogens is 2. The molecule has 0 bridgehead atoms. The van der Waals surface area contributed by atoms with Crippen molar-refractivity contribution in [3.8, 4) is 29.0 Å². The van der Waals surface area contributed by atoms with Crippen LogP contribution < -0.4 is 9.47 Å². The van der Waals surface area contributed by atoms with E-state index in [0.717, 1.165) is 11.3 Å². The van der Waals surface area contributed by atoms with E-state index >= 15 is 0 Å². The Hall–Kier alpha value is -3.33. The fourth-order valence-electron chi connectivity index (χ4n) is 1.94.